The van der Waals surface area contributed by atoms with Crippen LogP contribution in [0.15, 0.2) is 68.5 Å². The summed E-state index contributed by atoms with van der Waals surface area (Å²) in [5.74, 6) is 1.02. The first kappa shape index (κ1) is 19.9. The molecule has 5 rings (SSSR count). The zero-order chi connectivity index (χ0) is 21.4. The number of hydrogen-bond acceptors (Lipinski definition) is 6. The Kier molecular flexibility index (Phi) is 5.29. The van der Waals surface area contributed by atoms with Crippen LogP contribution in [0.1, 0.15) is 31.2 Å². The minimum absolute atomic E-state index is 0.120. The molecule has 3 aliphatic heterocycles. The van der Waals surface area contributed by atoms with Crippen LogP contribution in [-0.2, 0) is 0 Å². The van der Waals surface area contributed by atoms with E-state index in [2.05, 4.69) is 28.5 Å². The number of hydrazone groups is 1. The summed E-state index contributed by atoms with van der Waals surface area (Å²) in [5.41, 5.74) is 9.16. The van der Waals surface area contributed by atoms with Crippen molar-refractivity contribution in [3.8, 4) is 11.8 Å². The van der Waals surface area contributed by atoms with Crippen molar-refractivity contribution in [2.75, 3.05) is 20.1 Å². The van der Waals surface area contributed by atoms with Crippen molar-refractivity contribution in [1.29, 1.82) is 5.26 Å². The third kappa shape index (κ3) is 3.75. The van der Waals surface area contributed by atoms with Crippen LogP contribution in [0.3, 0.4) is 0 Å². The summed E-state index contributed by atoms with van der Waals surface area (Å²) >= 11 is 6.33. The minimum Gasteiger partial charge on any atom is -0.489 e. The van der Waals surface area contributed by atoms with E-state index in [9.17, 15) is 5.26 Å². The Morgan fingerprint density at radius 2 is 2.03 bits per heavy atom. The van der Waals surface area contributed by atoms with E-state index in [0.29, 0.717) is 23.8 Å². The average molecular weight is 434 g/mol. The number of rotatable bonds is 3. The summed E-state index contributed by atoms with van der Waals surface area (Å²) in [6.45, 7) is 1.44. The van der Waals surface area contributed by atoms with Crippen LogP contribution in [0.4, 0.5) is 0 Å². The Morgan fingerprint density at radius 3 is 2.84 bits per heavy atom. The molecule has 0 amide bonds. The van der Waals surface area contributed by atoms with Crippen molar-refractivity contribution in [1.82, 2.24) is 10.3 Å². The van der Waals surface area contributed by atoms with Crippen molar-refractivity contribution < 1.29 is 4.74 Å². The van der Waals surface area contributed by atoms with Gasteiger partial charge in [-0.2, -0.15) is 10.4 Å². The van der Waals surface area contributed by atoms with Crippen LogP contribution < -0.4 is 10.2 Å². The molecule has 6 nitrogen and oxygen atoms in total. The van der Waals surface area contributed by atoms with Crippen LogP contribution in [0, 0.1) is 17.2 Å². The van der Waals surface area contributed by atoms with Crippen LogP contribution in [-0.4, -0.2) is 42.6 Å². The summed E-state index contributed by atoms with van der Waals surface area (Å²) in [7, 11) is 2.08. The van der Waals surface area contributed by atoms with Crippen molar-refractivity contribution in [2.45, 2.75) is 31.8 Å². The number of nitrogens with one attached hydrogen (secondary N) is 1. The third-order valence-corrected chi connectivity index (χ3v) is 6.59. The molecule has 0 saturated heterocycles. The highest BCUT2D eigenvalue weighted by molar-refractivity contribution is 6.50. The lowest BCUT2D eigenvalue weighted by molar-refractivity contribution is 0.144. The molecule has 7 heteroatoms. The van der Waals surface area contributed by atoms with Gasteiger partial charge < -0.3 is 15.1 Å². The monoisotopic (exact) mass is 433 g/mol. The molecular formula is C24H24ClN5O. The molecule has 31 heavy (non-hydrogen) atoms. The molecule has 1 aliphatic carbocycles. The number of ether oxygens (including phenoxy) is 1. The molecule has 0 unspecified atom stereocenters. The van der Waals surface area contributed by atoms with E-state index in [-0.39, 0.29) is 6.10 Å². The number of fused-ring (bicyclic) bond motifs is 2. The number of aliphatic imine (C=N–C) groups is 1. The van der Waals surface area contributed by atoms with Gasteiger partial charge in [0.2, 0.25) is 0 Å². The number of benzene rings is 1. The maximum absolute atomic E-state index is 9.30. The van der Waals surface area contributed by atoms with E-state index in [1.54, 1.807) is 6.07 Å². The number of likely N-dealkylation sites (N-methyl/N-ethyl adjacent to an activating group) is 1. The summed E-state index contributed by atoms with van der Waals surface area (Å²) < 4.78 is 6.16. The highest BCUT2D eigenvalue weighted by Crippen LogP contribution is 2.36. The molecule has 0 aromatic heterocycles. The Labute approximate surface area is 187 Å². The fourth-order valence-corrected chi connectivity index (χ4v) is 4.93. The number of para-hydroxylation sites is 1. The predicted molar refractivity (Wildman–Crippen MR) is 122 cm³/mol. The van der Waals surface area contributed by atoms with Crippen LogP contribution in [0.2, 0.25) is 0 Å². The zero-order valence-electron chi connectivity index (χ0n) is 17.4. The Balaban J connectivity index is 1.32. The van der Waals surface area contributed by atoms with Crippen molar-refractivity contribution in [2.24, 2.45) is 16.0 Å². The normalized spacial score (nSPS) is 25.1. The molecule has 3 heterocycles. The van der Waals surface area contributed by atoms with Crippen LogP contribution in [0.25, 0.3) is 0 Å². The van der Waals surface area contributed by atoms with E-state index in [0.717, 1.165) is 60.1 Å². The molecule has 0 spiro atoms. The zero-order valence-corrected chi connectivity index (χ0v) is 18.2. The molecule has 1 aromatic rings. The summed E-state index contributed by atoms with van der Waals surface area (Å²) in [5, 5.41) is 14.7. The second-order valence-corrected chi connectivity index (χ2v) is 8.75. The standard InChI is InChI=1S/C24H24ClN5O/c1-30-11-10-17(25)12-20-24(30)19-14-27-29-22(23(19)28-20)15-6-8-18(9-7-15)31-21-5-3-2-4-16(21)13-26/h2-5,10,12,15,18,27H,6-9,11,14H2,1H3/t15-,18-. The van der Waals surface area contributed by atoms with Gasteiger partial charge in [-0.3, -0.25) is 0 Å². The smallest absolute Gasteiger partial charge is 0.137 e. The molecule has 158 valence electrons. The van der Waals surface area contributed by atoms with Gasteiger partial charge in [-0.1, -0.05) is 23.7 Å². The minimum atomic E-state index is 0.120. The van der Waals surface area contributed by atoms with Crippen LogP contribution in [0.5, 0.6) is 5.75 Å². The lowest BCUT2D eigenvalue weighted by atomic mass is 9.81. The van der Waals surface area contributed by atoms with Gasteiger partial charge in [0.1, 0.15) is 11.8 Å². The fourth-order valence-electron chi connectivity index (χ4n) is 4.76. The molecule has 0 atom stereocenters. The summed E-state index contributed by atoms with van der Waals surface area (Å²) in [4.78, 5) is 7.16. The molecule has 0 bridgehead atoms. The second-order valence-electron chi connectivity index (χ2n) is 8.32. The number of nitriles is 1. The number of nitrogens with zero attached hydrogens (tertiary/aromatic N) is 4. The quantitative estimate of drug-likeness (QED) is 0.778. The Morgan fingerprint density at radius 1 is 1.23 bits per heavy atom. The first-order valence-corrected chi connectivity index (χ1v) is 11.1. The van der Waals surface area contributed by atoms with E-state index < -0.39 is 0 Å². The van der Waals surface area contributed by atoms with Crippen molar-refractivity contribution in [3.05, 3.63) is 64.0 Å². The lowest BCUT2D eigenvalue weighted by Crippen LogP contribution is -2.38. The first-order valence-electron chi connectivity index (χ1n) is 10.7. The van der Waals surface area contributed by atoms with E-state index in [1.165, 1.54) is 5.57 Å². The van der Waals surface area contributed by atoms with Crippen molar-refractivity contribution in [3.63, 3.8) is 0 Å². The molecule has 0 radical (unpaired) electrons. The van der Waals surface area contributed by atoms with Gasteiger partial charge in [0.15, 0.2) is 0 Å². The topological polar surface area (TPSA) is 73.0 Å². The van der Waals surface area contributed by atoms with Gasteiger partial charge in [-0.05, 0) is 50.0 Å². The average Bonchev–Trinajstić information content (AvgIpc) is 3.09. The SMILES string of the molecule is CN1CC=C(Cl)C=C2N=C3C(=C21)CNN=C3[C@H]1CC[C@H](Oc2ccccc2C#N)CC1. The number of hydrogen-bond donors (Lipinski definition) is 1. The van der Waals surface area contributed by atoms with Gasteiger partial charge >= 0.3 is 0 Å². The maximum atomic E-state index is 9.30. The second kappa shape index (κ2) is 8.24. The number of allylic oxidation sites excluding steroid dienone is 2. The molecule has 4 aliphatic rings. The Hall–Kier alpha value is -3.04. The maximum Gasteiger partial charge on any atom is 0.137 e. The van der Waals surface area contributed by atoms with Gasteiger partial charge in [0, 0.05) is 30.1 Å². The molecule has 1 aromatic carbocycles. The van der Waals surface area contributed by atoms with E-state index in [1.807, 2.05) is 30.4 Å². The highest BCUT2D eigenvalue weighted by Gasteiger charge is 2.37. The fraction of sp³-hybridized carbons (Fsp3) is 0.375. The van der Waals surface area contributed by atoms with Gasteiger partial charge in [0.05, 0.1) is 41.0 Å². The molecular weight excluding hydrogens is 410 g/mol. The number of halogens is 1. The van der Waals surface area contributed by atoms with Gasteiger partial charge in [-0.15, -0.1) is 0 Å². The van der Waals surface area contributed by atoms with Crippen LogP contribution >= 0.6 is 11.6 Å². The third-order valence-electron chi connectivity index (χ3n) is 6.32. The van der Waals surface area contributed by atoms with Gasteiger partial charge in [-0.25, -0.2) is 4.99 Å². The molecule has 1 fully saturated rings. The first-order chi connectivity index (χ1) is 15.1. The van der Waals surface area contributed by atoms with E-state index >= 15 is 0 Å². The van der Waals surface area contributed by atoms with Crippen molar-refractivity contribution >= 4 is 23.0 Å². The predicted octanol–water partition coefficient (Wildman–Crippen LogP) is 4.12. The Bertz CT molecular complexity index is 1100. The summed E-state index contributed by atoms with van der Waals surface area (Å²) in [6, 6.07) is 9.65. The highest BCUT2D eigenvalue weighted by atomic mass is 35.5. The van der Waals surface area contributed by atoms with Gasteiger partial charge in [0.25, 0.3) is 0 Å². The molecule has 1 saturated carbocycles. The lowest BCUT2D eigenvalue weighted by Gasteiger charge is -2.31. The summed E-state index contributed by atoms with van der Waals surface area (Å²) in [6.07, 6.45) is 7.91. The van der Waals surface area contributed by atoms with E-state index in [4.69, 9.17) is 21.3 Å². The largest absolute Gasteiger partial charge is 0.489 e. The molecule has 1 N–H and O–H groups in total.